The minimum absolute atomic E-state index is 0.259. The van der Waals surface area contributed by atoms with E-state index >= 15 is 0 Å². The van der Waals surface area contributed by atoms with Gasteiger partial charge in [0.05, 0.1) is 11.4 Å². The zero-order valence-corrected chi connectivity index (χ0v) is 10.9. The van der Waals surface area contributed by atoms with Crippen molar-refractivity contribution in [3.63, 3.8) is 0 Å². The predicted octanol–water partition coefficient (Wildman–Crippen LogP) is 1.22. The second kappa shape index (κ2) is 5.01. The fraction of sp³-hybridized carbons (Fsp3) is 0.182. The van der Waals surface area contributed by atoms with E-state index < -0.39 is 0 Å². The van der Waals surface area contributed by atoms with Crippen molar-refractivity contribution in [2.45, 2.75) is 6.92 Å². The van der Waals surface area contributed by atoms with E-state index in [1.807, 2.05) is 0 Å². The largest absolute Gasteiger partial charge is 0.375 e. The highest BCUT2D eigenvalue weighted by Gasteiger charge is 2.08. The van der Waals surface area contributed by atoms with Crippen molar-refractivity contribution in [3.8, 4) is 0 Å². The fourth-order valence-electron chi connectivity index (χ4n) is 1.40. The Bertz CT molecular complexity index is 598. The molecular weight excluding hydrogens is 250 g/mol. The Labute approximate surface area is 108 Å². The number of thiazole rings is 1. The summed E-state index contributed by atoms with van der Waals surface area (Å²) in [6, 6.07) is 3.52. The molecule has 0 aliphatic heterocycles. The summed E-state index contributed by atoms with van der Waals surface area (Å²) in [5, 5.41) is 6.27. The number of rotatable bonds is 3. The van der Waals surface area contributed by atoms with Gasteiger partial charge in [0.1, 0.15) is 5.69 Å². The third kappa shape index (κ3) is 2.57. The smallest absolute Gasteiger partial charge is 0.287 e. The molecule has 2 heterocycles. The van der Waals surface area contributed by atoms with E-state index in [0.29, 0.717) is 22.2 Å². The molecular formula is C11H13N5OS. The van der Waals surface area contributed by atoms with E-state index in [2.05, 4.69) is 15.5 Å². The van der Waals surface area contributed by atoms with E-state index in [4.69, 9.17) is 5.73 Å². The first-order valence-corrected chi connectivity index (χ1v) is 6.13. The summed E-state index contributed by atoms with van der Waals surface area (Å²) in [5.41, 5.74) is 9.85. The summed E-state index contributed by atoms with van der Waals surface area (Å²) in [6.07, 6.45) is 1.80. The number of carbonyl (C=O) groups excluding carboxylic acids is 1. The lowest BCUT2D eigenvalue weighted by atomic mass is 10.3. The molecule has 94 valence electrons. The molecule has 2 aromatic heterocycles. The zero-order chi connectivity index (χ0) is 13.1. The van der Waals surface area contributed by atoms with Crippen LogP contribution in [-0.4, -0.2) is 21.2 Å². The number of hydrogen-bond donors (Lipinski definition) is 2. The summed E-state index contributed by atoms with van der Waals surface area (Å²) in [7, 11) is 1.80. The first-order valence-electron chi connectivity index (χ1n) is 5.25. The Kier molecular flexibility index (Phi) is 3.42. The third-order valence-corrected chi connectivity index (χ3v) is 3.07. The van der Waals surface area contributed by atoms with Gasteiger partial charge in [0.25, 0.3) is 5.91 Å². The number of amides is 1. The molecule has 0 saturated carbocycles. The summed E-state index contributed by atoms with van der Waals surface area (Å²) in [4.78, 5) is 15.9. The quantitative estimate of drug-likeness (QED) is 0.645. The Morgan fingerprint density at radius 3 is 2.94 bits per heavy atom. The molecule has 0 fully saturated rings. The van der Waals surface area contributed by atoms with Gasteiger partial charge in [0.2, 0.25) is 0 Å². The molecule has 0 bridgehead atoms. The Morgan fingerprint density at radius 1 is 1.61 bits per heavy atom. The molecule has 0 radical (unpaired) electrons. The van der Waals surface area contributed by atoms with Gasteiger partial charge in [0, 0.05) is 18.6 Å². The van der Waals surface area contributed by atoms with Crippen LogP contribution in [0.4, 0.5) is 5.13 Å². The van der Waals surface area contributed by atoms with Gasteiger partial charge in [-0.3, -0.25) is 4.79 Å². The van der Waals surface area contributed by atoms with E-state index in [1.54, 1.807) is 42.2 Å². The van der Waals surface area contributed by atoms with Crippen LogP contribution < -0.4 is 11.2 Å². The molecule has 0 aliphatic rings. The molecule has 18 heavy (non-hydrogen) atoms. The molecule has 1 amide bonds. The lowest BCUT2D eigenvalue weighted by molar-refractivity contribution is 0.0947. The first kappa shape index (κ1) is 12.3. The van der Waals surface area contributed by atoms with Gasteiger partial charge in [-0.2, -0.15) is 5.10 Å². The van der Waals surface area contributed by atoms with Crippen molar-refractivity contribution in [1.29, 1.82) is 0 Å². The summed E-state index contributed by atoms with van der Waals surface area (Å²) in [5.74, 6) is -0.259. The van der Waals surface area contributed by atoms with Crippen molar-refractivity contribution in [2.24, 2.45) is 12.1 Å². The van der Waals surface area contributed by atoms with Crippen molar-refractivity contribution in [1.82, 2.24) is 15.0 Å². The summed E-state index contributed by atoms with van der Waals surface area (Å²) in [6.45, 7) is 1.76. The number of hydrazone groups is 1. The monoisotopic (exact) mass is 263 g/mol. The highest BCUT2D eigenvalue weighted by molar-refractivity contribution is 7.13. The minimum atomic E-state index is -0.259. The van der Waals surface area contributed by atoms with Crippen molar-refractivity contribution in [3.05, 3.63) is 35.1 Å². The molecule has 3 N–H and O–H groups in total. The molecule has 0 atom stereocenters. The maximum atomic E-state index is 11.8. The Morgan fingerprint density at radius 2 is 2.39 bits per heavy atom. The van der Waals surface area contributed by atoms with Crippen LogP contribution in [-0.2, 0) is 7.05 Å². The van der Waals surface area contributed by atoms with Crippen molar-refractivity contribution >= 4 is 28.1 Å². The number of aryl methyl sites for hydroxylation is 1. The number of nitrogens with zero attached hydrogens (tertiary/aromatic N) is 3. The van der Waals surface area contributed by atoms with Crippen LogP contribution >= 0.6 is 11.3 Å². The van der Waals surface area contributed by atoms with Gasteiger partial charge in [0.15, 0.2) is 5.13 Å². The van der Waals surface area contributed by atoms with Gasteiger partial charge >= 0.3 is 0 Å². The van der Waals surface area contributed by atoms with Crippen LogP contribution in [0.3, 0.4) is 0 Å². The van der Waals surface area contributed by atoms with Crippen molar-refractivity contribution in [2.75, 3.05) is 5.73 Å². The van der Waals surface area contributed by atoms with Crippen LogP contribution in [0, 0.1) is 0 Å². The predicted molar refractivity (Wildman–Crippen MR) is 71.6 cm³/mol. The third-order valence-electron chi connectivity index (χ3n) is 2.39. The maximum Gasteiger partial charge on any atom is 0.287 e. The van der Waals surface area contributed by atoms with Gasteiger partial charge in [-0.25, -0.2) is 10.4 Å². The van der Waals surface area contributed by atoms with Gasteiger partial charge in [-0.15, -0.1) is 11.3 Å². The lowest BCUT2D eigenvalue weighted by Gasteiger charge is -2.02. The van der Waals surface area contributed by atoms with Crippen molar-refractivity contribution < 1.29 is 4.79 Å². The molecule has 6 nitrogen and oxygen atoms in total. The van der Waals surface area contributed by atoms with E-state index in [9.17, 15) is 4.79 Å². The molecule has 7 heteroatoms. The molecule has 0 saturated heterocycles. The Balaban J connectivity index is 2.07. The molecule has 0 spiro atoms. The molecule has 2 rings (SSSR count). The minimum Gasteiger partial charge on any atom is -0.375 e. The lowest BCUT2D eigenvalue weighted by Crippen LogP contribution is -2.21. The molecule has 0 aromatic carbocycles. The SMILES string of the molecule is C/C(=N\NC(=O)c1cccn1C)c1csc(N)n1. The zero-order valence-electron chi connectivity index (χ0n) is 10.0. The van der Waals surface area contributed by atoms with Crippen LogP contribution in [0.2, 0.25) is 0 Å². The number of anilines is 1. The molecule has 0 unspecified atom stereocenters. The number of nitrogens with one attached hydrogen (secondary N) is 1. The number of aromatic nitrogens is 2. The first-order chi connectivity index (χ1) is 8.58. The Hall–Kier alpha value is -2.15. The van der Waals surface area contributed by atoms with E-state index in [0.717, 1.165) is 0 Å². The average molecular weight is 263 g/mol. The molecule has 2 aromatic rings. The van der Waals surface area contributed by atoms with E-state index in [-0.39, 0.29) is 5.91 Å². The highest BCUT2D eigenvalue weighted by Crippen LogP contribution is 2.11. The average Bonchev–Trinajstić information content (AvgIpc) is 2.94. The van der Waals surface area contributed by atoms with Crippen LogP contribution in [0.15, 0.2) is 28.8 Å². The standard InChI is InChI=1S/C11H13N5OS/c1-7(8-6-18-11(12)13-8)14-15-10(17)9-4-3-5-16(9)2/h3-6H,1-2H3,(H2,12,13)(H,15,17)/b14-7+. The van der Waals surface area contributed by atoms with Crippen LogP contribution in [0.1, 0.15) is 23.1 Å². The number of nitrogen functional groups attached to an aromatic ring is 1. The summed E-state index contributed by atoms with van der Waals surface area (Å²) >= 11 is 1.34. The number of nitrogens with two attached hydrogens (primary N) is 1. The van der Waals surface area contributed by atoms with Crippen LogP contribution in [0.25, 0.3) is 0 Å². The van der Waals surface area contributed by atoms with Gasteiger partial charge in [-0.05, 0) is 19.1 Å². The highest BCUT2D eigenvalue weighted by atomic mass is 32.1. The topological polar surface area (TPSA) is 85.3 Å². The number of carbonyl (C=O) groups is 1. The number of hydrogen-bond acceptors (Lipinski definition) is 5. The molecule has 0 aliphatic carbocycles. The normalized spacial score (nSPS) is 11.6. The maximum absolute atomic E-state index is 11.8. The fourth-order valence-corrected chi connectivity index (χ4v) is 2.01. The van der Waals surface area contributed by atoms with Crippen LogP contribution in [0.5, 0.6) is 0 Å². The summed E-state index contributed by atoms with van der Waals surface area (Å²) < 4.78 is 1.72. The second-order valence-electron chi connectivity index (χ2n) is 3.71. The second-order valence-corrected chi connectivity index (χ2v) is 4.60. The van der Waals surface area contributed by atoms with Gasteiger partial charge < -0.3 is 10.3 Å². The van der Waals surface area contributed by atoms with E-state index in [1.165, 1.54) is 11.3 Å². The van der Waals surface area contributed by atoms with Gasteiger partial charge in [-0.1, -0.05) is 0 Å².